The van der Waals surface area contributed by atoms with Crippen molar-refractivity contribution in [3.8, 4) is 0 Å². The fraction of sp³-hybridized carbons (Fsp3) is 0.944. The van der Waals surface area contributed by atoms with E-state index < -0.39 is 5.60 Å². The van der Waals surface area contributed by atoms with E-state index in [0.717, 1.165) is 12.5 Å². The first-order valence-corrected chi connectivity index (χ1v) is 9.16. The number of hydrogen-bond acceptors (Lipinski definition) is 4. The van der Waals surface area contributed by atoms with Crippen LogP contribution in [-0.4, -0.2) is 55.0 Å². The number of morpholine rings is 1. The molecule has 2 rings (SSSR count). The molecule has 0 radical (unpaired) electrons. The van der Waals surface area contributed by atoms with Crippen molar-refractivity contribution in [2.45, 2.75) is 77.5 Å². The van der Waals surface area contributed by atoms with Gasteiger partial charge in [0.05, 0.1) is 19.3 Å². The van der Waals surface area contributed by atoms with Gasteiger partial charge in [-0.15, -0.1) is 0 Å². The second kappa shape index (κ2) is 8.34. The van der Waals surface area contributed by atoms with E-state index >= 15 is 0 Å². The van der Waals surface area contributed by atoms with Crippen LogP contribution in [0.2, 0.25) is 0 Å². The van der Waals surface area contributed by atoms with Crippen LogP contribution in [0.1, 0.15) is 59.8 Å². The molecule has 2 aliphatic rings. The maximum atomic E-state index is 12.4. The van der Waals surface area contributed by atoms with Gasteiger partial charge in [0.1, 0.15) is 5.60 Å². The first-order valence-electron chi connectivity index (χ1n) is 9.16. The summed E-state index contributed by atoms with van der Waals surface area (Å²) in [5.41, 5.74) is -0.454. The molecular formula is C18H34N2O3. The van der Waals surface area contributed by atoms with Crippen molar-refractivity contribution >= 4 is 6.09 Å². The lowest BCUT2D eigenvalue weighted by Gasteiger charge is -2.37. The number of nitrogens with zero attached hydrogens (tertiary/aromatic N) is 1. The molecule has 3 unspecified atom stereocenters. The average molecular weight is 326 g/mol. The zero-order valence-corrected chi connectivity index (χ0v) is 15.3. The van der Waals surface area contributed by atoms with Crippen molar-refractivity contribution in [3.05, 3.63) is 0 Å². The predicted molar refractivity (Wildman–Crippen MR) is 91.6 cm³/mol. The van der Waals surface area contributed by atoms with Crippen LogP contribution in [0.5, 0.6) is 0 Å². The van der Waals surface area contributed by atoms with Crippen molar-refractivity contribution in [2.24, 2.45) is 5.92 Å². The Hall–Kier alpha value is -0.810. The molecule has 1 saturated heterocycles. The topological polar surface area (TPSA) is 50.8 Å². The van der Waals surface area contributed by atoms with Crippen molar-refractivity contribution in [1.82, 2.24) is 10.2 Å². The van der Waals surface area contributed by atoms with Crippen molar-refractivity contribution in [1.29, 1.82) is 0 Å². The fourth-order valence-corrected chi connectivity index (χ4v) is 3.38. The molecule has 0 bridgehead atoms. The lowest BCUT2D eigenvalue weighted by Crippen LogP contribution is -2.55. The SMILES string of the molecule is CC1CCCC(NCC2COCCN2C(=O)OC(C)(C)C)CC1. The van der Waals surface area contributed by atoms with Crippen molar-refractivity contribution < 1.29 is 14.3 Å². The molecule has 5 heteroatoms. The number of carbonyl (C=O) groups is 1. The number of hydrogen-bond donors (Lipinski definition) is 1. The molecule has 1 N–H and O–H groups in total. The minimum Gasteiger partial charge on any atom is -0.444 e. The van der Waals surface area contributed by atoms with Gasteiger partial charge >= 0.3 is 6.09 Å². The number of rotatable bonds is 3. The van der Waals surface area contributed by atoms with Crippen molar-refractivity contribution in [2.75, 3.05) is 26.3 Å². The van der Waals surface area contributed by atoms with E-state index in [9.17, 15) is 4.79 Å². The van der Waals surface area contributed by atoms with Crippen LogP contribution >= 0.6 is 0 Å². The molecular weight excluding hydrogens is 292 g/mol. The Kier molecular flexibility index (Phi) is 6.72. The molecule has 0 spiro atoms. The highest BCUT2D eigenvalue weighted by Crippen LogP contribution is 2.23. The van der Waals surface area contributed by atoms with Gasteiger partial charge in [-0.3, -0.25) is 4.90 Å². The molecule has 0 aromatic rings. The third-order valence-electron chi connectivity index (χ3n) is 4.76. The van der Waals surface area contributed by atoms with Gasteiger partial charge in [-0.2, -0.15) is 0 Å². The van der Waals surface area contributed by atoms with Crippen LogP contribution in [-0.2, 0) is 9.47 Å². The Morgan fingerprint density at radius 2 is 2.04 bits per heavy atom. The first-order chi connectivity index (χ1) is 10.8. The molecule has 1 aliphatic heterocycles. The standard InChI is InChI=1S/C18H34N2O3/c1-14-6-5-7-15(9-8-14)19-12-16-13-22-11-10-20(16)17(21)23-18(2,3)4/h14-16,19H,5-13H2,1-4H3. The smallest absolute Gasteiger partial charge is 0.410 e. The van der Waals surface area contributed by atoms with Crippen LogP contribution in [0.4, 0.5) is 4.79 Å². The lowest BCUT2D eigenvalue weighted by atomic mass is 10.0. The summed E-state index contributed by atoms with van der Waals surface area (Å²) in [6.07, 6.45) is 6.20. The summed E-state index contributed by atoms with van der Waals surface area (Å²) in [4.78, 5) is 14.2. The second-order valence-electron chi connectivity index (χ2n) is 8.12. The minimum absolute atomic E-state index is 0.0688. The molecule has 3 atom stereocenters. The van der Waals surface area contributed by atoms with Gasteiger partial charge < -0.3 is 14.8 Å². The maximum Gasteiger partial charge on any atom is 0.410 e. The maximum absolute atomic E-state index is 12.4. The van der Waals surface area contributed by atoms with Gasteiger partial charge in [-0.1, -0.05) is 19.8 Å². The molecule has 1 aliphatic carbocycles. The summed E-state index contributed by atoms with van der Waals surface area (Å²) < 4.78 is 11.1. The van der Waals surface area contributed by atoms with E-state index in [1.165, 1.54) is 32.1 Å². The number of nitrogens with one attached hydrogen (secondary N) is 1. The normalized spacial score (nSPS) is 29.9. The van der Waals surface area contributed by atoms with Gasteiger partial charge in [-0.25, -0.2) is 4.79 Å². The van der Waals surface area contributed by atoms with Crippen molar-refractivity contribution in [3.63, 3.8) is 0 Å². The minimum atomic E-state index is -0.454. The molecule has 134 valence electrons. The van der Waals surface area contributed by atoms with Crippen LogP contribution in [0.15, 0.2) is 0 Å². The Balaban J connectivity index is 1.84. The zero-order valence-electron chi connectivity index (χ0n) is 15.3. The van der Waals surface area contributed by atoms with E-state index in [-0.39, 0.29) is 12.1 Å². The number of amides is 1. The monoisotopic (exact) mass is 326 g/mol. The highest BCUT2D eigenvalue weighted by molar-refractivity contribution is 5.68. The second-order valence-corrected chi connectivity index (χ2v) is 8.12. The van der Waals surface area contributed by atoms with E-state index in [4.69, 9.17) is 9.47 Å². The lowest BCUT2D eigenvalue weighted by molar-refractivity contribution is -0.0322. The average Bonchev–Trinajstić information content (AvgIpc) is 2.68. The summed E-state index contributed by atoms with van der Waals surface area (Å²) in [7, 11) is 0. The van der Waals surface area contributed by atoms with E-state index in [2.05, 4.69) is 12.2 Å². The molecule has 1 heterocycles. The molecule has 1 amide bonds. The molecule has 5 nitrogen and oxygen atoms in total. The zero-order chi connectivity index (χ0) is 16.9. The van der Waals surface area contributed by atoms with Crippen LogP contribution in [0, 0.1) is 5.92 Å². The van der Waals surface area contributed by atoms with Gasteiger partial charge in [0.25, 0.3) is 0 Å². The summed E-state index contributed by atoms with van der Waals surface area (Å²) in [6.45, 7) is 10.7. The molecule has 2 fully saturated rings. The number of ether oxygens (including phenoxy) is 2. The molecule has 1 saturated carbocycles. The summed E-state index contributed by atoms with van der Waals surface area (Å²) in [5, 5.41) is 3.67. The van der Waals surface area contributed by atoms with E-state index in [0.29, 0.717) is 25.8 Å². The largest absolute Gasteiger partial charge is 0.444 e. The number of carbonyl (C=O) groups excluding carboxylic acids is 1. The van der Waals surface area contributed by atoms with E-state index in [1.54, 1.807) is 0 Å². The van der Waals surface area contributed by atoms with Gasteiger partial charge in [0, 0.05) is 19.1 Å². The Morgan fingerprint density at radius 3 is 2.78 bits per heavy atom. The van der Waals surface area contributed by atoms with Gasteiger partial charge in [0.2, 0.25) is 0 Å². The molecule has 0 aromatic heterocycles. The quantitative estimate of drug-likeness (QED) is 0.809. The first kappa shape index (κ1) is 18.5. The summed E-state index contributed by atoms with van der Waals surface area (Å²) in [6, 6.07) is 0.640. The Morgan fingerprint density at radius 1 is 1.26 bits per heavy atom. The Bertz CT molecular complexity index is 381. The van der Waals surface area contributed by atoms with Gasteiger partial charge in [0.15, 0.2) is 0 Å². The highest BCUT2D eigenvalue weighted by atomic mass is 16.6. The molecule has 23 heavy (non-hydrogen) atoms. The predicted octanol–water partition coefficient (Wildman–Crippen LogP) is 3.18. The van der Waals surface area contributed by atoms with Gasteiger partial charge in [-0.05, 0) is 46.0 Å². The molecule has 0 aromatic carbocycles. The third-order valence-corrected chi connectivity index (χ3v) is 4.76. The van der Waals surface area contributed by atoms with E-state index in [1.807, 2.05) is 25.7 Å². The summed E-state index contributed by atoms with van der Waals surface area (Å²) in [5.74, 6) is 0.845. The van der Waals surface area contributed by atoms with Crippen LogP contribution in [0.25, 0.3) is 0 Å². The highest BCUT2D eigenvalue weighted by Gasteiger charge is 2.31. The van der Waals surface area contributed by atoms with Crippen LogP contribution in [0.3, 0.4) is 0 Å². The fourth-order valence-electron chi connectivity index (χ4n) is 3.38. The summed E-state index contributed by atoms with van der Waals surface area (Å²) >= 11 is 0. The Labute approximate surface area is 141 Å². The third kappa shape index (κ3) is 6.30. The van der Waals surface area contributed by atoms with Crippen LogP contribution < -0.4 is 5.32 Å².